The van der Waals surface area contributed by atoms with Crippen LogP contribution in [-0.2, 0) is 0 Å². The van der Waals surface area contributed by atoms with Gasteiger partial charge in [-0.3, -0.25) is 0 Å². The first-order chi connectivity index (χ1) is 9.65. The lowest BCUT2D eigenvalue weighted by Crippen LogP contribution is -2.03. The van der Waals surface area contributed by atoms with Gasteiger partial charge in [0.25, 0.3) is 0 Å². The number of aromatic nitrogens is 2. The molecule has 1 aliphatic carbocycles. The fraction of sp³-hybridized carbons (Fsp3) is 0.333. The van der Waals surface area contributed by atoms with Crippen LogP contribution in [0.15, 0.2) is 28.7 Å². The van der Waals surface area contributed by atoms with Crippen molar-refractivity contribution >= 4 is 33.4 Å². The summed E-state index contributed by atoms with van der Waals surface area (Å²) >= 11 is 3.58. The van der Waals surface area contributed by atoms with E-state index in [4.69, 9.17) is 0 Å². The lowest BCUT2D eigenvalue weighted by atomic mass is 10.2. The number of anilines is 3. The number of hydrogen-bond donors (Lipinski definition) is 2. The Morgan fingerprint density at radius 1 is 1.20 bits per heavy atom. The molecule has 1 aliphatic rings. The summed E-state index contributed by atoms with van der Waals surface area (Å²) in [7, 11) is 1.84. The molecule has 1 saturated carbocycles. The third-order valence-corrected chi connectivity index (χ3v) is 4.01. The number of hydrogen-bond acceptors (Lipinski definition) is 4. The van der Waals surface area contributed by atoms with E-state index in [-0.39, 0.29) is 0 Å². The zero-order valence-corrected chi connectivity index (χ0v) is 13.2. The normalized spacial score (nSPS) is 14.2. The van der Waals surface area contributed by atoms with Gasteiger partial charge in [-0.1, -0.05) is 6.07 Å². The Kier molecular flexibility index (Phi) is 3.61. The summed E-state index contributed by atoms with van der Waals surface area (Å²) in [5.41, 5.74) is 3.35. The van der Waals surface area contributed by atoms with Crippen molar-refractivity contribution in [2.75, 3.05) is 17.7 Å². The summed E-state index contributed by atoms with van der Waals surface area (Å²) < 4.78 is 1.04. The maximum absolute atomic E-state index is 4.52. The molecule has 5 heteroatoms. The van der Waals surface area contributed by atoms with Gasteiger partial charge in [0.1, 0.15) is 5.82 Å². The second kappa shape index (κ2) is 5.40. The van der Waals surface area contributed by atoms with E-state index in [9.17, 15) is 0 Å². The van der Waals surface area contributed by atoms with Crippen LogP contribution in [0, 0.1) is 6.92 Å². The second-order valence-corrected chi connectivity index (χ2v) is 5.99. The lowest BCUT2D eigenvalue weighted by molar-refractivity contribution is 0.991. The lowest BCUT2D eigenvalue weighted by Gasteiger charge is -2.11. The molecule has 0 saturated heterocycles. The molecular weight excluding hydrogens is 316 g/mol. The third kappa shape index (κ3) is 2.93. The molecule has 0 radical (unpaired) electrons. The predicted octanol–water partition coefficient (Wildman–Crippen LogP) is 4.21. The van der Waals surface area contributed by atoms with Gasteiger partial charge in [0.15, 0.2) is 0 Å². The molecule has 104 valence electrons. The van der Waals surface area contributed by atoms with Crippen LogP contribution in [0.1, 0.15) is 30.0 Å². The van der Waals surface area contributed by atoms with Crippen LogP contribution in [0.2, 0.25) is 0 Å². The van der Waals surface area contributed by atoms with Crippen molar-refractivity contribution in [3.05, 3.63) is 40.0 Å². The molecule has 1 heterocycles. The van der Waals surface area contributed by atoms with E-state index in [2.05, 4.69) is 61.7 Å². The molecular formula is C15H17BrN4. The Bertz CT molecular complexity index is 638. The van der Waals surface area contributed by atoms with Crippen LogP contribution in [0.5, 0.6) is 0 Å². The molecule has 0 aliphatic heterocycles. The third-order valence-electron chi connectivity index (χ3n) is 3.35. The fourth-order valence-electron chi connectivity index (χ4n) is 2.09. The maximum atomic E-state index is 4.52. The van der Waals surface area contributed by atoms with E-state index < -0.39 is 0 Å². The highest BCUT2D eigenvalue weighted by atomic mass is 79.9. The standard InChI is InChI=1S/C15H17BrN4/c1-9-3-6-12(11(16)7-9)18-14-8-13(10-4-5-10)19-15(17-2)20-14/h3,6-8,10H,4-5H2,1-2H3,(H2,17,18,19,20). The average Bonchev–Trinajstić information content (AvgIpc) is 3.26. The molecule has 2 aromatic rings. The van der Waals surface area contributed by atoms with Crippen molar-refractivity contribution in [2.45, 2.75) is 25.7 Å². The largest absolute Gasteiger partial charge is 0.357 e. The van der Waals surface area contributed by atoms with E-state index in [1.54, 1.807) is 0 Å². The molecule has 4 nitrogen and oxygen atoms in total. The van der Waals surface area contributed by atoms with Gasteiger partial charge in [0.2, 0.25) is 5.95 Å². The summed E-state index contributed by atoms with van der Waals surface area (Å²) in [6, 6.07) is 8.27. The molecule has 2 N–H and O–H groups in total. The Balaban J connectivity index is 1.91. The van der Waals surface area contributed by atoms with Crippen LogP contribution in [-0.4, -0.2) is 17.0 Å². The first kappa shape index (κ1) is 13.4. The van der Waals surface area contributed by atoms with Crippen LogP contribution in [0.3, 0.4) is 0 Å². The van der Waals surface area contributed by atoms with E-state index in [1.807, 2.05) is 13.1 Å². The van der Waals surface area contributed by atoms with Crippen LogP contribution in [0.4, 0.5) is 17.5 Å². The van der Waals surface area contributed by atoms with Crippen molar-refractivity contribution in [3.63, 3.8) is 0 Å². The summed E-state index contributed by atoms with van der Waals surface area (Å²) in [5.74, 6) is 2.10. The van der Waals surface area contributed by atoms with Gasteiger partial charge in [0, 0.05) is 23.5 Å². The van der Waals surface area contributed by atoms with Crippen molar-refractivity contribution < 1.29 is 0 Å². The SMILES string of the molecule is CNc1nc(Nc2ccc(C)cc2Br)cc(C2CC2)n1. The van der Waals surface area contributed by atoms with Gasteiger partial charge in [0.05, 0.1) is 11.4 Å². The minimum atomic E-state index is 0.604. The molecule has 0 amide bonds. The number of halogens is 1. The Morgan fingerprint density at radius 2 is 2.00 bits per heavy atom. The number of nitrogens with zero attached hydrogens (tertiary/aromatic N) is 2. The summed E-state index contributed by atoms with van der Waals surface area (Å²) in [6.07, 6.45) is 2.46. The minimum absolute atomic E-state index is 0.604. The number of nitrogens with one attached hydrogen (secondary N) is 2. The second-order valence-electron chi connectivity index (χ2n) is 5.13. The number of aryl methyl sites for hydroxylation is 1. The van der Waals surface area contributed by atoms with Gasteiger partial charge in [-0.15, -0.1) is 0 Å². The van der Waals surface area contributed by atoms with Crippen molar-refractivity contribution in [3.8, 4) is 0 Å². The van der Waals surface area contributed by atoms with Gasteiger partial charge in [-0.05, 0) is 53.4 Å². The Hall–Kier alpha value is -1.62. The molecule has 3 rings (SSSR count). The zero-order chi connectivity index (χ0) is 14.1. The molecule has 1 fully saturated rings. The van der Waals surface area contributed by atoms with Crippen molar-refractivity contribution in [1.82, 2.24) is 9.97 Å². The molecule has 0 spiro atoms. The molecule has 0 bridgehead atoms. The van der Waals surface area contributed by atoms with E-state index in [1.165, 1.54) is 18.4 Å². The summed E-state index contributed by atoms with van der Waals surface area (Å²) in [6.45, 7) is 2.07. The maximum Gasteiger partial charge on any atom is 0.224 e. The first-order valence-electron chi connectivity index (χ1n) is 6.75. The smallest absolute Gasteiger partial charge is 0.224 e. The molecule has 1 aromatic heterocycles. The monoisotopic (exact) mass is 332 g/mol. The minimum Gasteiger partial charge on any atom is -0.357 e. The Morgan fingerprint density at radius 3 is 2.65 bits per heavy atom. The molecule has 0 atom stereocenters. The van der Waals surface area contributed by atoms with Gasteiger partial charge < -0.3 is 10.6 Å². The number of benzene rings is 1. The molecule has 20 heavy (non-hydrogen) atoms. The van der Waals surface area contributed by atoms with Gasteiger partial charge in [-0.2, -0.15) is 4.98 Å². The van der Waals surface area contributed by atoms with Crippen molar-refractivity contribution in [1.29, 1.82) is 0 Å². The average molecular weight is 333 g/mol. The van der Waals surface area contributed by atoms with Crippen LogP contribution >= 0.6 is 15.9 Å². The van der Waals surface area contributed by atoms with Gasteiger partial charge >= 0.3 is 0 Å². The number of rotatable bonds is 4. The summed E-state index contributed by atoms with van der Waals surface area (Å²) in [5, 5.41) is 6.39. The highest BCUT2D eigenvalue weighted by molar-refractivity contribution is 9.10. The predicted molar refractivity (Wildman–Crippen MR) is 85.7 cm³/mol. The highest BCUT2D eigenvalue weighted by Gasteiger charge is 2.26. The van der Waals surface area contributed by atoms with Crippen LogP contribution < -0.4 is 10.6 Å². The molecule has 1 aromatic carbocycles. The van der Waals surface area contributed by atoms with Crippen LogP contribution in [0.25, 0.3) is 0 Å². The van der Waals surface area contributed by atoms with Crippen molar-refractivity contribution in [2.24, 2.45) is 0 Å². The Labute approximate surface area is 127 Å². The fourth-order valence-corrected chi connectivity index (χ4v) is 2.68. The topological polar surface area (TPSA) is 49.8 Å². The zero-order valence-electron chi connectivity index (χ0n) is 11.6. The van der Waals surface area contributed by atoms with Gasteiger partial charge in [-0.25, -0.2) is 4.98 Å². The molecule has 0 unspecified atom stereocenters. The van der Waals surface area contributed by atoms with E-state index >= 15 is 0 Å². The first-order valence-corrected chi connectivity index (χ1v) is 7.55. The quantitative estimate of drug-likeness (QED) is 0.880. The summed E-state index contributed by atoms with van der Waals surface area (Å²) in [4.78, 5) is 8.98. The van der Waals surface area contributed by atoms with E-state index in [0.717, 1.165) is 21.7 Å². The van der Waals surface area contributed by atoms with E-state index in [0.29, 0.717) is 11.9 Å². The highest BCUT2D eigenvalue weighted by Crippen LogP contribution is 2.40.